The Morgan fingerprint density at radius 2 is 2.17 bits per heavy atom. The molecule has 0 aromatic heterocycles. The van der Waals surface area contributed by atoms with Gasteiger partial charge in [-0.2, -0.15) is 0 Å². The number of carbonyl (C=O) groups is 1. The van der Waals surface area contributed by atoms with Gasteiger partial charge in [0, 0.05) is 48.8 Å². The summed E-state index contributed by atoms with van der Waals surface area (Å²) in [5, 5.41) is 13.2. The summed E-state index contributed by atoms with van der Waals surface area (Å²) in [4.78, 5) is 14.1. The molecule has 1 aromatic rings. The second-order valence-electron chi connectivity index (χ2n) is 6.32. The molecular weight excluding hydrogens is 316 g/mol. The molecule has 0 unspecified atom stereocenters. The van der Waals surface area contributed by atoms with E-state index in [0.29, 0.717) is 36.9 Å². The van der Waals surface area contributed by atoms with Gasteiger partial charge < -0.3 is 20.1 Å². The van der Waals surface area contributed by atoms with Crippen molar-refractivity contribution >= 4 is 23.2 Å². The number of amides is 1. The third kappa shape index (κ3) is 5.77. The molecule has 1 aromatic carbocycles. The van der Waals surface area contributed by atoms with Crippen LogP contribution in [0.15, 0.2) is 24.3 Å². The number of nitrogens with zero attached hydrogens (tertiary/aromatic N) is 1. The van der Waals surface area contributed by atoms with E-state index in [2.05, 4.69) is 10.2 Å². The van der Waals surface area contributed by atoms with Gasteiger partial charge in [0.15, 0.2) is 0 Å². The van der Waals surface area contributed by atoms with Crippen LogP contribution in [0.25, 0.3) is 0 Å². The van der Waals surface area contributed by atoms with Crippen molar-refractivity contribution in [2.24, 2.45) is 5.41 Å². The summed E-state index contributed by atoms with van der Waals surface area (Å²) in [6.07, 6.45) is 2.13. The molecule has 0 atom stereocenters. The molecule has 23 heavy (non-hydrogen) atoms. The Kier molecular flexibility index (Phi) is 6.84. The molecule has 2 rings (SSSR count). The zero-order valence-corrected chi connectivity index (χ0v) is 14.3. The van der Waals surface area contributed by atoms with Crippen LogP contribution in [0.5, 0.6) is 0 Å². The predicted molar refractivity (Wildman–Crippen MR) is 91.8 cm³/mol. The molecule has 1 heterocycles. The van der Waals surface area contributed by atoms with Gasteiger partial charge in [0.25, 0.3) is 0 Å². The molecule has 2 N–H and O–H groups in total. The van der Waals surface area contributed by atoms with Crippen molar-refractivity contribution in [1.29, 1.82) is 0 Å². The zero-order chi connectivity index (χ0) is 16.7. The minimum Gasteiger partial charge on any atom is -0.396 e. The Hall–Kier alpha value is -1.14. The number of aliphatic hydroxyl groups excluding tert-OH is 1. The van der Waals surface area contributed by atoms with Crippen molar-refractivity contribution in [2.45, 2.75) is 19.3 Å². The van der Waals surface area contributed by atoms with Crippen LogP contribution in [0, 0.1) is 5.41 Å². The van der Waals surface area contributed by atoms with Crippen molar-refractivity contribution in [3.05, 3.63) is 29.3 Å². The fraction of sp³-hybridized carbons (Fsp3) is 0.588. The van der Waals surface area contributed by atoms with Gasteiger partial charge in [-0.25, -0.2) is 0 Å². The van der Waals surface area contributed by atoms with Crippen molar-refractivity contribution in [2.75, 3.05) is 45.3 Å². The topological polar surface area (TPSA) is 61.8 Å². The van der Waals surface area contributed by atoms with Crippen LogP contribution in [0.2, 0.25) is 5.02 Å². The van der Waals surface area contributed by atoms with Gasteiger partial charge in [0.1, 0.15) is 0 Å². The Bertz CT molecular complexity index is 518. The fourth-order valence-corrected chi connectivity index (χ4v) is 3.09. The molecular formula is C17H25ClN2O3. The van der Waals surface area contributed by atoms with Gasteiger partial charge >= 0.3 is 0 Å². The number of ether oxygens (including phenoxy) is 1. The number of carbonyl (C=O) groups excluding carboxylic acids is 1. The van der Waals surface area contributed by atoms with Crippen LogP contribution in [0.3, 0.4) is 0 Å². The lowest BCUT2D eigenvalue weighted by Gasteiger charge is -2.38. The van der Waals surface area contributed by atoms with E-state index in [1.165, 1.54) is 0 Å². The molecule has 1 amide bonds. The van der Waals surface area contributed by atoms with Crippen LogP contribution in [-0.4, -0.2) is 55.9 Å². The average Bonchev–Trinajstić information content (AvgIpc) is 2.54. The van der Waals surface area contributed by atoms with E-state index in [4.69, 9.17) is 16.3 Å². The SMILES string of the molecule is CN(CCC(=O)Nc1cccc(Cl)c1)CC1(CO)CCOCC1. The minimum absolute atomic E-state index is 0.0378. The number of nitrogens with one attached hydrogen (secondary N) is 1. The lowest BCUT2D eigenvalue weighted by Crippen LogP contribution is -2.43. The Morgan fingerprint density at radius 3 is 2.83 bits per heavy atom. The second-order valence-corrected chi connectivity index (χ2v) is 6.75. The molecule has 1 fully saturated rings. The highest BCUT2D eigenvalue weighted by molar-refractivity contribution is 6.30. The van der Waals surface area contributed by atoms with Crippen LogP contribution in [0.1, 0.15) is 19.3 Å². The van der Waals surface area contributed by atoms with E-state index >= 15 is 0 Å². The number of halogens is 1. The summed E-state index contributed by atoms with van der Waals surface area (Å²) in [6, 6.07) is 7.12. The summed E-state index contributed by atoms with van der Waals surface area (Å²) in [5.74, 6) is -0.0378. The molecule has 6 heteroatoms. The number of hydrogen-bond acceptors (Lipinski definition) is 4. The van der Waals surface area contributed by atoms with Crippen molar-refractivity contribution < 1.29 is 14.6 Å². The number of aliphatic hydroxyl groups is 1. The third-order valence-electron chi connectivity index (χ3n) is 4.32. The smallest absolute Gasteiger partial charge is 0.225 e. The quantitative estimate of drug-likeness (QED) is 0.800. The second kappa shape index (κ2) is 8.64. The maximum Gasteiger partial charge on any atom is 0.225 e. The van der Waals surface area contributed by atoms with E-state index < -0.39 is 0 Å². The first-order valence-electron chi connectivity index (χ1n) is 7.96. The van der Waals surface area contributed by atoms with E-state index in [1.54, 1.807) is 18.2 Å². The molecule has 1 saturated heterocycles. The lowest BCUT2D eigenvalue weighted by atomic mass is 9.80. The summed E-state index contributed by atoms with van der Waals surface area (Å²) < 4.78 is 5.38. The number of hydrogen-bond donors (Lipinski definition) is 2. The van der Waals surface area contributed by atoms with Crippen LogP contribution >= 0.6 is 11.6 Å². The molecule has 1 aliphatic heterocycles. The molecule has 0 bridgehead atoms. The maximum atomic E-state index is 12.0. The molecule has 5 nitrogen and oxygen atoms in total. The van der Waals surface area contributed by atoms with E-state index in [0.717, 1.165) is 19.4 Å². The van der Waals surface area contributed by atoms with Crippen LogP contribution in [-0.2, 0) is 9.53 Å². The fourth-order valence-electron chi connectivity index (χ4n) is 2.90. The normalized spacial score (nSPS) is 17.2. The highest BCUT2D eigenvalue weighted by Crippen LogP contribution is 2.30. The highest BCUT2D eigenvalue weighted by atomic mass is 35.5. The van der Waals surface area contributed by atoms with Crippen molar-refractivity contribution in [1.82, 2.24) is 4.90 Å². The van der Waals surface area contributed by atoms with Gasteiger partial charge in [0.2, 0.25) is 5.91 Å². The predicted octanol–water partition coefficient (Wildman–Crippen LogP) is 2.39. The van der Waals surface area contributed by atoms with E-state index in [1.807, 2.05) is 13.1 Å². The Balaban J connectivity index is 1.77. The average molecular weight is 341 g/mol. The van der Waals surface area contributed by atoms with Crippen molar-refractivity contribution in [3.8, 4) is 0 Å². The largest absolute Gasteiger partial charge is 0.396 e. The van der Waals surface area contributed by atoms with Gasteiger partial charge in [-0.15, -0.1) is 0 Å². The number of benzene rings is 1. The molecule has 0 spiro atoms. The monoisotopic (exact) mass is 340 g/mol. The summed E-state index contributed by atoms with van der Waals surface area (Å²) >= 11 is 5.90. The van der Waals surface area contributed by atoms with Crippen molar-refractivity contribution in [3.63, 3.8) is 0 Å². The zero-order valence-electron chi connectivity index (χ0n) is 13.6. The summed E-state index contributed by atoms with van der Waals surface area (Å²) in [5.41, 5.74) is 0.609. The van der Waals surface area contributed by atoms with Gasteiger partial charge in [0.05, 0.1) is 6.61 Å². The first kappa shape index (κ1) is 18.2. The maximum absolute atomic E-state index is 12.0. The van der Waals surface area contributed by atoms with E-state index in [-0.39, 0.29) is 17.9 Å². The molecule has 1 aliphatic rings. The first-order chi connectivity index (χ1) is 11.0. The van der Waals surface area contributed by atoms with E-state index in [9.17, 15) is 9.90 Å². The number of rotatable bonds is 7. The molecule has 128 valence electrons. The summed E-state index contributed by atoms with van der Waals surface area (Å²) in [6.45, 7) is 2.98. The molecule has 0 radical (unpaired) electrons. The first-order valence-corrected chi connectivity index (χ1v) is 8.33. The van der Waals surface area contributed by atoms with Gasteiger partial charge in [-0.3, -0.25) is 4.79 Å². The number of anilines is 1. The Morgan fingerprint density at radius 1 is 1.43 bits per heavy atom. The van der Waals surface area contributed by atoms with Crippen LogP contribution < -0.4 is 5.32 Å². The standard InChI is InChI=1S/C17H25ClN2O3/c1-20(12-17(13-21)6-9-23-10-7-17)8-5-16(22)19-15-4-2-3-14(18)11-15/h2-4,11,21H,5-10,12-13H2,1H3,(H,19,22). The summed E-state index contributed by atoms with van der Waals surface area (Å²) in [7, 11) is 1.99. The minimum atomic E-state index is -0.101. The Labute approximate surface area is 142 Å². The van der Waals surface area contributed by atoms with Gasteiger partial charge in [-0.05, 0) is 38.1 Å². The molecule has 0 aliphatic carbocycles. The highest BCUT2D eigenvalue weighted by Gasteiger charge is 2.33. The van der Waals surface area contributed by atoms with Crippen LogP contribution in [0.4, 0.5) is 5.69 Å². The van der Waals surface area contributed by atoms with Gasteiger partial charge in [-0.1, -0.05) is 17.7 Å². The third-order valence-corrected chi connectivity index (χ3v) is 4.56. The molecule has 0 saturated carbocycles. The lowest BCUT2D eigenvalue weighted by molar-refractivity contribution is -0.116.